The van der Waals surface area contributed by atoms with E-state index in [0.717, 1.165) is 32.6 Å². The zero-order valence-corrected chi connectivity index (χ0v) is 12.4. The highest BCUT2D eigenvalue weighted by atomic mass is 79.9. The van der Waals surface area contributed by atoms with Crippen molar-refractivity contribution in [2.75, 3.05) is 5.73 Å². The van der Waals surface area contributed by atoms with Crippen molar-refractivity contribution < 1.29 is 0 Å². The van der Waals surface area contributed by atoms with Gasteiger partial charge in [-0.3, -0.25) is 0 Å². The molecule has 0 saturated carbocycles. The molecule has 96 valence electrons. The number of anilines is 1. The van der Waals surface area contributed by atoms with Crippen molar-refractivity contribution in [3.05, 3.63) is 46.4 Å². The average molecular weight is 316 g/mol. The Morgan fingerprint density at radius 1 is 1.16 bits per heavy atom. The number of benzene rings is 2. The maximum Gasteiger partial charge on any atom is 0.142 e. The average Bonchev–Trinajstić information content (AvgIpc) is 2.66. The number of nitrogens with two attached hydrogens (primary N) is 1. The smallest absolute Gasteiger partial charge is 0.142 e. The van der Waals surface area contributed by atoms with Crippen LogP contribution in [0, 0.1) is 6.92 Å². The molecule has 0 atom stereocenters. The molecule has 3 aromatic rings. The van der Waals surface area contributed by atoms with Crippen molar-refractivity contribution in [2.24, 2.45) is 7.05 Å². The summed E-state index contributed by atoms with van der Waals surface area (Å²) >= 11 is 3.42. The first-order chi connectivity index (χ1) is 9.06. The summed E-state index contributed by atoms with van der Waals surface area (Å²) in [7, 11) is 2.02. The fourth-order valence-electron chi connectivity index (χ4n) is 2.29. The Bertz CT molecular complexity index is 774. The van der Waals surface area contributed by atoms with E-state index in [0.29, 0.717) is 0 Å². The van der Waals surface area contributed by atoms with Crippen molar-refractivity contribution in [1.82, 2.24) is 9.55 Å². The number of nitrogens with zero attached hydrogens (tertiary/aromatic N) is 2. The SMILES string of the molecule is Cc1ccc2c(c1)nc(-c1ccc(Br)cc1N)n2C. The molecule has 0 fully saturated rings. The second-order valence-electron chi connectivity index (χ2n) is 4.72. The molecular formula is C15H14BrN3. The Balaban J connectivity index is 2.27. The molecule has 1 aromatic heterocycles. The lowest BCUT2D eigenvalue weighted by atomic mass is 10.2. The van der Waals surface area contributed by atoms with E-state index in [1.54, 1.807) is 0 Å². The third kappa shape index (κ3) is 2.02. The lowest BCUT2D eigenvalue weighted by Gasteiger charge is -2.06. The second-order valence-corrected chi connectivity index (χ2v) is 5.63. The van der Waals surface area contributed by atoms with E-state index in [1.165, 1.54) is 5.56 Å². The van der Waals surface area contributed by atoms with Crippen molar-refractivity contribution >= 4 is 32.7 Å². The number of fused-ring (bicyclic) bond motifs is 1. The molecule has 3 rings (SSSR count). The highest BCUT2D eigenvalue weighted by molar-refractivity contribution is 9.10. The molecule has 0 aliphatic rings. The van der Waals surface area contributed by atoms with Crippen LogP contribution in [0.5, 0.6) is 0 Å². The third-order valence-electron chi connectivity index (χ3n) is 3.29. The zero-order valence-electron chi connectivity index (χ0n) is 10.8. The predicted octanol–water partition coefficient (Wildman–Crippen LogP) is 3.89. The Kier molecular flexibility index (Phi) is 2.82. The van der Waals surface area contributed by atoms with E-state index >= 15 is 0 Å². The lowest BCUT2D eigenvalue weighted by Crippen LogP contribution is -1.96. The van der Waals surface area contributed by atoms with Crippen LogP contribution >= 0.6 is 15.9 Å². The molecule has 0 bridgehead atoms. The number of rotatable bonds is 1. The van der Waals surface area contributed by atoms with Crippen LogP contribution in [0.2, 0.25) is 0 Å². The van der Waals surface area contributed by atoms with Gasteiger partial charge < -0.3 is 10.3 Å². The molecule has 19 heavy (non-hydrogen) atoms. The van der Waals surface area contributed by atoms with Gasteiger partial charge in [-0.15, -0.1) is 0 Å². The number of aromatic nitrogens is 2. The summed E-state index contributed by atoms with van der Waals surface area (Å²) in [5.41, 5.74) is 11.1. The van der Waals surface area contributed by atoms with E-state index in [-0.39, 0.29) is 0 Å². The van der Waals surface area contributed by atoms with Gasteiger partial charge in [0.2, 0.25) is 0 Å². The minimum Gasteiger partial charge on any atom is -0.398 e. The number of hydrogen-bond donors (Lipinski definition) is 1. The molecule has 0 spiro atoms. The van der Waals surface area contributed by atoms with Crippen molar-refractivity contribution in [3.8, 4) is 11.4 Å². The first-order valence-corrected chi connectivity index (χ1v) is 6.84. The fourth-order valence-corrected chi connectivity index (χ4v) is 2.67. The van der Waals surface area contributed by atoms with Crippen molar-refractivity contribution in [3.63, 3.8) is 0 Å². The Morgan fingerprint density at radius 2 is 1.95 bits per heavy atom. The normalized spacial score (nSPS) is 11.1. The molecule has 2 N–H and O–H groups in total. The van der Waals surface area contributed by atoms with Gasteiger partial charge in [0.15, 0.2) is 0 Å². The van der Waals surface area contributed by atoms with E-state index in [9.17, 15) is 0 Å². The fraction of sp³-hybridized carbons (Fsp3) is 0.133. The van der Waals surface area contributed by atoms with Gasteiger partial charge in [-0.2, -0.15) is 0 Å². The highest BCUT2D eigenvalue weighted by Crippen LogP contribution is 2.30. The van der Waals surface area contributed by atoms with Crippen LogP contribution in [0.1, 0.15) is 5.56 Å². The topological polar surface area (TPSA) is 43.8 Å². The standard InChI is InChI=1S/C15H14BrN3/c1-9-3-6-14-13(7-9)18-15(19(14)2)11-5-4-10(16)8-12(11)17/h3-8H,17H2,1-2H3. The predicted molar refractivity (Wildman–Crippen MR) is 83.0 cm³/mol. The molecular weight excluding hydrogens is 302 g/mol. The summed E-state index contributed by atoms with van der Waals surface area (Å²) in [6.45, 7) is 2.07. The maximum absolute atomic E-state index is 6.09. The molecule has 0 aliphatic carbocycles. The molecule has 4 heteroatoms. The summed E-state index contributed by atoms with van der Waals surface area (Å²) in [5, 5.41) is 0. The molecule has 0 aliphatic heterocycles. The quantitative estimate of drug-likeness (QED) is 0.692. The molecule has 0 unspecified atom stereocenters. The summed E-state index contributed by atoms with van der Waals surface area (Å²) in [6, 6.07) is 12.2. The second kappa shape index (κ2) is 4.38. The lowest BCUT2D eigenvalue weighted by molar-refractivity contribution is 0.960. The molecule has 0 radical (unpaired) electrons. The summed E-state index contributed by atoms with van der Waals surface area (Å²) < 4.78 is 3.05. The largest absolute Gasteiger partial charge is 0.398 e. The van der Waals surface area contributed by atoms with Crippen molar-refractivity contribution in [2.45, 2.75) is 6.92 Å². The number of hydrogen-bond acceptors (Lipinski definition) is 2. The maximum atomic E-state index is 6.09. The van der Waals surface area contributed by atoms with Crippen LogP contribution in [-0.4, -0.2) is 9.55 Å². The van der Waals surface area contributed by atoms with Gasteiger partial charge >= 0.3 is 0 Å². The minimum absolute atomic E-state index is 0.726. The third-order valence-corrected chi connectivity index (χ3v) is 3.78. The van der Waals surface area contributed by atoms with Crippen LogP contribution in [-0.2, 0) is 7.05 Å². The summed E-state index contributed by atoms with van der Waals surface area (Å²) in [4.78, 5) is 4.70. The minimum atomic E-state index is 0.726. The van der Waals surface area contributed by atoms with Crippen LogP contribution in [0.3, 0.4) is 0 Å². The first-order valence-electron chi connectivity index (χ1n) is 6.05. The Hall–Kier alpha value is -1.81. The van der Waals surface area contributed by atoms with Crippen molar-refractivity contribution in [1.29, 1.82) is 0 Å². The molecule has 1 heterocycles. The number of imidazole rings is 1. The van der Waals surface area contributed by atoms with Gasteiger partial charge in [0.1, 0.15) is 5.82 Å². The Labute approximate surface area is 120 Å². The first kappa shape index (κ1) is 12.2. The summed E-state index contributed by atoms with van der Waals surface area (Å²) in [6.07, 6.45) is 0. The molecule has 3 nitrogen and oxygen atoms in total. The van der Waals surface area contributed by atoms with E-state index in [2.05, 4.69) is 45.6 Å². The Morgan fingerprint density at radius 3 is 2.68 bits per heavy atom. The van der Waals surface area contributed by atoms with Crippen LogP contribution in [0.25, 0.3) is 22.4 Å². The monoisotopic (exact) mass is 315 g/mol. The van der Waals surface area contributed by atoms with E-state index in [1.807, 2.05) is 25.2 Å². The summed E-state index contributed by atoms with van der Waals surface area (Å²) in [5.74, 6) is 0.894. The van der Waals surface area contributed by atoms with Gasteiger partial charge in [-0.05, 0) is 42.8 Å². The number of halogens is 1. The van der Waals surface area contributed by atoms with Crippen LogP contribution in [0.15, 0.2) is 40.9 Å². The molecule has 0 saturated heterocycles. The highest BCUT2D eigenvalue weighted by Gasteiger charge is 2.12. The van der Waals surface area contributed by atoms with E-state index in [4.69, 9.17) is 10.7 Å². The molecule has 2 aromatic carbocycles. The van der Waals surface area contributed by atoms with Gasteiger partial charge in [0.25, 0.3) is 0 Å². The number of nitrogen functional groups attached to an aromatic ring is 1. The van der Waals surface area contributed by atoms with Crippen LogP contribution in [0.4, 0.5) is 5.69 Å². The van der Waals surface area contributed by atoms with Gasteiger partial charge in [0.05, 0.1) is 11.0 Å². The number of aryl methyl sites for hydroxylation is 2. The van der Waals surface area contributed by atoms with Crippen LogP contribution < -0.4 is 5.73 Å². The van der Waals surface area contributed by atoms with Gasteiger partial charge in [-0.25, -0.2) is 4.98 Å². The van der Waals surface area contributed by atoms with Gasteiger partial charge in [-0.1, -0.05) is 22.0 Å². The van der Waals surface area contributed by atoms with Gasteiger partial charge in [0, 0.05) is 22.8 Å². The van der Waals surface area contributed by atoms with E-state index < -0.39 is 0 Å². The zero-order chi connectivity index (χ0) is 13.6. The molecule has 0 amide bonds.